The molecule has 22 heteroatoms. The second-order valence-corrected chi connectivity index (χ2v) is 24.1. The molecule has 460 valence electrons. The highest BCUT2D eigenvalue weighted by Crippen LogP contribution is 2.35. The van der Waals surface area contributed by atoms with E-state index in [0.717, 1.165) is 51.9 Å². The number of ether oxygens (including phenoxy) is 5. The number of aromatic amines is 1. The van der Waals surface area contributed by atoms with Gasteiger partial charge in [-0.3, -0.25) is 29.1 Å². The van der Waals surface area contributed by atoms with Crippen molar-refractivity contribution in [2.45, 2.75) is 97.2 Å². The van der Waals surface area contributed by atoms with E-state index in [0.29, 0.717) is 92.6 Å². The number of nitrogens with zero attached hydrogens (tertiary/aromatic N) is 5. The Bertz CT molecular complexity index is 3260. The number of β-amino-alcohol motifs (C(OH)–C–C–N with tert-alkyl or cyclic N) is 1. The largest absolute Gasteiger partial charge is 0.463 e. The number of esters is 1. The molecule has 0 radical (unpaired) electrons. The van der Waals surface area contributed by atoms with E-state index in [4.69, 9.17) is 23.7 Å². The smallest absolute Gasteiger partial charge is 0.306 e. The lowest BCUT2D eigenvalue weighted by molar-refractivity contribution is -0.154. The van der Waals surface area contributed by atoms with Crippen LogP contribution in [0, 0.1) is 29.9 Å². The lowest BCUT2D eigenvalue weighted by atomic mass is 9.77. The van der Waals surface area contributed by atoms with Crippen LogP contribution in [0.15, 0.2) is 84.4 Å². The zero-order chi connectivity index (χ0) is 60.7. The summed E-state index contributed by atoms with van der Waals surface area (Å²) >= 11 is 1.58. The van der Waals surface area contributed by atoms with Gasteiger partial charge in [0, 0.05) is 87.6 Å². The number of H-pyrrole nitrogens is 1. The van der Waals surface area contributed by atoms with Crippen LogP contribution in [0.5, 0.6) is 0 Å². The molecule has 0 bridgehead atoms. The maximum Gasteiger partial charge on any atom is 0.306 e. The molecule has 3 saturated heterocycles. The van der Waals surface area contributed by atoms with Gasteiger partial charge in [-0.2, -0.15) is 5.10 Å². The first-order valence-electron chi connectivity index (χ1n) is 29.6. The molecule has 19 nitrogen and oxygen atoms in total. The topological polar surface area (TPSA) is 227 Å². The molecular weight excluding hydrogens is 1130 g/mol. The minimum Gasteiger partial charge on any atom is -0.463 e. The molecule has 4 aromatic carbocycles. The van der Waals surface area contributed by atoms with Crippen LogP contribution in [-0.4, -0.2) is 170 Å². The first-order valence-corrected chi connectivity index (χ1v) is 30.5. The highest BCUT2D eigenvalue weighted by atomic mass is 32.1. The monoisotopic (exact) mass is 1200 g/mol. The fourth-order valence-corrected chi connectivity index (χ4v) is 12.0. The molecule has 3 aliphatic heterocycles. The summed E-state index contributed by atoms with van der Waals surface area (Å²) in [6, 6.07) is 22.0. The highest BCUT2D eigenvalue weighted by molar-refractivity contribution is 7.13. The number of thiazole rings is 1. The molecule has 4 N–H and O–H groups in total. The third-order valence-corrected chi connectivity index (χ3v) is 17.0. The number of likely N-dealkylation sites (tertiary alicyclic amines) is 1. The standard InChI is InChI=1S/C64H78F2N8O11S/c1-41-60(86-40-67-41)45-9-5-42(6-10-45)8-14-57(76)56-37-50(75)39-74(56)63(80)53(64(2,3)4)38-59(78)85-30-29-84-28-27-83-26-25-82-24-17-58(77)73-20-18-72(19-21-73)49-11-12-51(55(36-49)68-48-15-22-81-23-16-48)62(79)69-61-52-34-43(7-13-54(52)70-71-61)31-44-32-46(65)35-47(66)33-44/h5-7,9-13,32-36,40,48,50,53,56,68,75H,8,14-31,37-39H2,1-4H3,(H2,69,70,71,79)/t50-,53-,56+/m1/s1. The van der Waals surface area contributed by atoms with Crippen molar-refractivity contribution in [1.29, 1.82) is 0 Å². The molecule has 9 rings (SSSR count). The number of hydrogen-bond acceptors (Lipinski definition) is 16. The molecule has 6 aromatic rings. The number of nitrogens with one attached hydrogen (secondary N) is 3. The van der Waals surface area contributed by atoms with Gasteiger partial charge in [0.05, 0.1) is 97.7 Å². The van der Waals surface area contributed by atoms with E-state index in [-0.39, 0.29) is 101 Å². The Kier molecular flexibility index (Phi) is 22.0. The Morgan fingerprint density at radius 2 is 1.50 bits per heavy atom. The minimum absolute atomic E-state index is 0.00518. The van der Waals surface area contributed by atoms with Crippen molar-refractivity contribution < 1.29 is 61.5 Å². The van der Waals surface area contributed by atoms with E-state index < -0.39 is 41.1 Å². The fourth-order valence-electron chi connectivity index (χ4n) is 11.2. The first-order chi connectivity index (χ1) is 41.4. The number of aromatic nitrogens is 3. The number of piperazine rings is 1. The van der Waals surface area contributed by atoms with Crippen molar-refractivity contribution in [1.82, 2.24) is 25.0 Å². The Morgan fingerprint density at radius 1 is 0.814 bits per heavy atom. The van der Waals surface area contributed by atoms with Gasteiger partial charge in [0.2, 0.25) is 11.8 Å². The lowest BCUT2D eigenvalue weighted by Gasteiger charge is -2.36. The molecule has 0 spiro atoms. The lowest BCUT2D eigenvalue weighted by Crippen LogP contribution is -2.49. The van der Waals surface area contributed by atoms with Gasteiger partial charge in [0.15, 0.2) is 11.6 Å². The fraction of sp³-hybridized carbons (Fsp3) is 0.484. The van der Waals surface area contributed by atoms with Crippen molar-refractivity contribution in [3.05, 3.63) is 124 Å². The number of rotatable bonds is 27. The van der Waals surface area contributed by atoms with Crippen LogP contribution >= 0.6 is 11.3 Å². The maximum atomic E-state index is 14.1. The molecule has 3 amide bonds. The normalized spacial score (nSPS) is 17.0. The number of fused-ring (bicyclic) bond motifs is 1. The van der Waals surface area contributed by atoms with Crippen LogP contribution in [0.2, 0.25) is 0 Å². The van der Waals surface area contributed by atoms with Crippen molar-refractivity contribution >= 4 is 68.9 Å². The van der Waals surface area contributed by atoms with Crippen LogP contribution in [-0.2, 0) is 55.7 Å². The Balaban J connectivity index is 0.644. The van der Waals surface area contributed by atoms with E-state index in [1.807, 2.05) is 92.7 Å². The van der Waals surface area contributed by atoms with Gasteiger partial charge in [0.1, 0.15) is 18.2 Å². The number of halogens is 2. The summed E-state index contributed by atoms with van der Waals surface area (Å²) in [7, 11) is 0. The third-order valence-electron chi connectivity index (χ3n) is 16.0. The van der Waals surface area contributed by atoms with E-state index in [9.17, 15) is 37.9 Å². The van der Waals surface area contributed by atoms with E-state index in [2.05, 4.69) is 30.7 Å². The van der Waals surface area contributed by atoms with Crippen molar-refractivity contribution in [3.63, 3.8) is 0 Å². The van der Waals surface area contributed by atoms with Gasteiger partial charge >= 0.3 is 5.97 Å². The Labute approximate surface area is 504 Å². The van der Waals surface area contributed by atoms with E-state index in [1.54, 1.807) is 17.4 Å². The van der Waals surface area contributed by atoms with Gasteiger partial charge < -0.3 is 54.1 Å². The molecule has 2 aromatic heterocycles. The SMILES string of the molecule is Cc1ncsc1-c1ccc(CCC(=O)[C@@H]2C[C@@H](O)CN2C(=O)[C@@H](CC(=O)OCCOCCOCCOCCC(=O)N2CCN(c3ccc(C(=O)Nc4n[nH]c5ccc(Cc6cc(F)cc(F)c6)cc45)c(NC4CCOCC4)c3)CC2)C(C)(C)C)cc1. The van der Waals surface area contributed by atoms with Gasteiger partial charge in [-0.1, -0.05) is 51.1 Å². The zero-order valence-corrected chi connectivity index (χ0v) is 50.2. The van der Waals surface area contributed by atoms with Crippen LogP contribution in [0.3, 0.4) is 0 Å². The summed E-state index contributed by atoms with van der Waals surface area (Å²) in [5.74, 6) is -3.14. The Morgan fingerprint density at radius 3 is 2.19 bits per heavy atom. The molecular formula is C64H78F2N8O11S. The van der Waals surface area contributed by atoms with E-state index >= 15 is 0 Å². The maximum absolute atomic E-state index is 14.1. The molecule has 3 aliphatic rings. The second kappa shape index (κ2) is 29.9. The number of aliphatic hydroxyl groups excluding tert-OH is 1. The molecule has 86 heavy (non-hydrogen) atoms. The number of amides is 3. The number of aliphatic hydroxyl groups is 1. The minimum atomic E-state index is -0.839. The Hall–Kier alpha value is -7.21. The summed E-state index contributed by atoms with van der Waals surface area (Å²) in [5.41, 5.74) is 8.21. The van der Waals surface area contributed by atoms with Crippen LogP contribution in [0.4, 0.5) is 26.0 Å². The van der Waals surface area contributed by atoms with Crippen molar-refractivity contribution in [3.8, 4) is 10.4 Å². The van der Waals surface area contributed by atoms with Crippen molar-refractivity contribution in [2.75, 3.05) is 108 Å². The van der Waals surface area contributed by atoms with Gasteiger partial charge in [-0.25, -0.2) is 13.8 Å². The quantitative estimate of drug-likeness (QED) is 0.0280. The third kappa shape index (κ3) is 17.3. The van der Waals surface area contributed by atoms with Gasteiger partial charge in [-0.15, -0.1) is 11.3 Å². The number of aryl methyl sites for hydroxylation is 2. The van der Waals surface area contributed by atoms with Crippen LogP contribution in [0.25, 0.3) is 21.3 Å². The highest BCUT2D eigenvalue weighted by Gasteiger charge is 2.44. The van der Waals surface area contributed by atoms with Gasteiger partial charge in [0.25, 0.3) is 5.91 Å². The number of anilines is 3. The summed E-state index contributed by atoms with van der Waals surface area (Å²) in [6.07, 6.45) is 1.92. The number of ketones is 1. The number of benzene rings is 4. The molecule has 3 atom stereocenters. The van der Waals surface area contributed by atoms with Crippen LogP contribution in [0.1, 0.15) is 92.0 Å². The van der Waals surface area contributed by atoms with Gasteiger partial charge in [-0.05, 0) is 103 Å². The summed E-state index contributed by atoms with van der Waals surface area (Å²) in [6.45, 7) is 12.5. The molecule has 0 unspecified atom stereocenters. The molecule has 3 fully saturated rings. The average Bonchev–Trinajstić information content (AvgIpc) is 2.17. The number of carbonyl (C=O) groups is 5. The summed E-state index contributed by atoms with van der Waals surface area (Å²) in [4.78, 5) is 78.9. The average molecular weight is 1210 g/mol. The predicted molar refractivity (Wildman–Crippen MR) is 323 cm³/mol. The predicted octanol–water partition coefficient (Wildman–Crippen LogP) is 8.55. The number of carbonyl (C=O) groups excluding carboxylic acids is 5. The molecule has 5 heterocycles. The van der Waals surface area contributed by atoms with Crippen molar-refractivity contribution in [2.24, 2.45) is 11.3 Å². The summed E-state index contributed by atoms with van der Waals surface area (Å²) in [5, 5.41) is 25.2. The zero-order valence-electron chi connectivity index (χ0n) is 49.4. The molecule has 0 aliphatic carbocycles. The van der Waals surface area contributed by atoms with E-state index in [1.165, 1.54) is 17.0 Å². The number of Topliss-reactive ketones (excluding diaryl/α,β-unsaturated/α-hetero) is 1. The second-order valence-electron chi connectivity index (χ2n) is 23.2. The molecule has 0 saturated carbocycles. The number of hydrogen-bond donors (Lipinski definition) is 4. The first kappa shape index (κ1) is 63.3. The van der Waals surface area contributed by atoms with Crippen LogP contribution < -0.4 is 15.5 Å². The summed E-state index contributed by atoms with van der Waals surface area (Å²) < 4.78 is 55.9.